The van der Waals surface area contributed by atoms with Crippen molar-refractivity contribution in [1.29, 1.82) is 0 Å². The summed E-state index contributed by atoms with van der Waals surface area (Å²) in [6.07, 6.45) is 0.607. The van der Waals surface area contributed by atoms with E-state index >= 15 is 0 Å². The zero-order valence-corrected chi connectivity index (χ0v) is 10.4. The maximum Gasteiger partial charge on any atom is 0.323 e. The number of carbonyl (C=O) groups is 1. The molecule has 0 aliphatic rings. The lowest BCUT2D eigenvalue weighted by Gasteiger charge is -2.27. The van der Waals surface area contributed by atoms with Crippen LogP contribution in [0.5, 0.6) is 0 Å². The lowest BCUT2D eigenvalue weighted by Crippen LogP contribution is -2.43. The van der Waals surface area contributed by atoms with Crippen molar-refractivity contribution in [2.45, 2.75) is 45.8 Å². The maximum atomic E-state index is 11.6. The van der Waals surface area contributed by atoms with Gasteiger partial charge in [-0.1, -0.05) is 6.92 Å². The van der Waals surface area contributed by atoms with E-state index in [9.17, 15) is 4.79 Å². The molecule has 0 bridgehead atoms. The Bertz CT molecular complexity index is 192. The first kappa shape index (κ1) is 14.4. The normalized spacial score (nSPS) is 13.7. The third-order valence-corrected chi connectivity index (χ3v) is 2.27. The molecule has 0 rings (SSSR count). The van der Waals surface area contributed by atoms with Crippen molar-refractivity contribution in [3.8, 4) is 0 Å². The summed E-state index contributed by atoms with van der Waals surface area (Å²) >= 11 is 0. The van der Waals surface area contributed by atoms with Gasteiger partial charge in [0.2, 0.25) is 0 Å². The van der Waals surface area contributed by atoms with Gasteiger partial charge in [-0.05, 0) is 27.3 Å². The number of methoxy groups -OCH3 is 1. The average Bonchev–Trinajstić information content (AvgIpc) is 2.17. The summed E-state index contributed by atoms with van der Waals surface area (Å²) < 4.78 is 10.3. The van der Waals surface area contributed by atoms with Crippen LogP contribution in [0.25, 0.3) is 0 Å². The number of likely N-dealkylation sites (N-methyl/N-ethyl adjacent to an activating group) is 1. The van der Waals surface area contributed by atoms with E-state index in [1.807, 2.05) is 27.7 Å². The molecule has 0 aromatic rings. The van der Waals surface area contributed by atoms with Gasteiger partial charge in [0.1, 0.15) is 6.04 Å². The predicted molar refractivity (Wildman–Crippen MR) is 59.8 cm³/mol. The summed E-state index contributed by atoms with van der Waals surface area (Å²) in [5.74, 6) is -0.204. The van der Waals surface area contributed by atoms with E-state index in [4.69, 9.17) is 9.47 Å². The highest BCUT2D eigenvalue weighted by Gasteiger charge is 2.27. The van der Waals surface area contributed by atoms with E-state index in [0.717, 1.165) is 6.54 Å². The molecule has 4 heteroatoms. The van der Waals surface area contributed by atoms with Crippen LogP contribution in [0.4, 0.5) is 0 Å². The van der Waals surface area contributed by atoms with Crippen molar-refractivity contribution in [1.82, 2.24) is 5.32 Å². The Balaban J connectivity index is 4.32. The largest absolute Gasteiger partial charge is 0.465 e. The van der Waals surface area contributed by atoms with Crippen LogP contribution in [-0.2, 0) is 14.3 Å². The predicted octanol–water partition coefficient (Wildman–Crippen LogP) is 1.34. The van der Waals surface area contributed by atoms with Gasteiger partial charge in [0.05, 0.1) is 12.2 Å². The molecule has 0 fully saturated rings. The Hall–Kier alpha value is -0.610. The fourth-order valence-electron chi connectivity index (χ4n) is 1.30. The molecular weight excluding hydrogens is 194 g/mol. The molecular formula is C11H23NO3. The molecule has 1 unspecified atom stereocenters. The van der Waals surface area contributed by atoms with Gasteiger partial charge in [-0.25, -0.2) is 0 Å². The van der Waals surface area contributed by atoms with Gasteiger partial charge in [0, 0.05) is 13.5 Å². The second kappa shape index (κ2) is 6.80. The number of nitrogens with one attached hydrogen (secondary N) is 1. The zero-order valence-electron chi connectivity index (χ0n) is 10.4. The summed E-state index contributed by atoms with van der Waals surface area (Å²) in [6.45, 7) is 8.83. The third kappa shape index (κ3) is 5.74. The molecule has 4 nitrogen and oxygen atoms in total. The average molecular weight is 217 g/mol. The number of rotatable bonds is 7. The van der Waals surface area contributed by atoms with Gasteiger partial charge in [-0.2, -0.15) is 0 Å². The number of esters is 1. The third-order valence-electron chi connectivity index (χ3n) is 2.27. The van der Waals surface area contributed by atoms with E-state index in [2.05, 4.69) is 5.32 Å². The summed E-state index contributed by atoms with van der Waals surface area (Å²) in [4.78, 5) is 11.6. The summed E-state index contributed by atoms with van der Waals surface area (Å²) in [5.41, 5.74) is -0.320. The lowest BCUT2D eigenvalue weighted by molar-refractivity contribution is -0.147. The zero-order chi connectivity index (χ0) is 11.9. The molecule has 0 radical (unpaired) electrons. The maximum absolute atomic E-state index is 11.6. The number of carbonyl (C=O) groups excluding carboxylic acids is 1. The van der Waals surface area contributed by atoms with Crippen molar-refractivity contribution in [3.63, 3.8) is 0 Å². The summed E-state index contributed by atoms with van der Waals surface area (Å²) in [5, 5.41) is 3.10. The van der Waals surface area contributed by atoms with Crippen LogP contribution >= 0.6 is 0 Å². The van der Waals surface area contributed by atoms with Crippen LogP contribution in [0, 0.1) is 0 Å². The van der Waals surface area contributed by atoms with Crippen molar-refractivity contribution in [2.24, 2.45) is 0 Å². The number of hydrogen-bond acceptors (Lipinski definition) is 4. The highest BCUT2D eigenvalue weighted by Crippen LogP contribution is 2.16. The molecule has 90 valence electrons. The van der Waals surface area contributed by atoms with Crippen LogP contribution in [0.3, 0.4) is 0 Å². The van der Waals surface area contributed by atoms with E-state index < -0.39 is 0 Å². The molecule has 0 aliphatic carbocycles. The first-order valence-corrected chi connectivity index (χ1v) is 5.42. The fourth-order valence-corrected chi connectivity index (χ4v) is 1.30. The Kier molecular flexibility index (Phi) is 6.52. The first-order valence-electron chi connectivity index (χ1n) is 5.42. The van der Waals surface area contributed by atoms with Crippen molar-refractivity contribution in [3.05, 3.63) is 0 Å². The Labute approximate surface area is 92.3 Å². The quantitative estimate of drug-likeness (QED) is 0.654. The van der Waals surface area contributed by atoms with Gasteiger partial charge in [-0.15, -0.1) is 0 Å². The lowest BCUT2D eigenvalue weighted by atomic mass is 9.99. The molecule has 0 heterocycles. The van der Waals surface area contributed by atoms with Crippen LogP contribution in [0.15, 0.2) is 0 Å². The van der Waals surface area contributed by atoms with Crippen LogP contribution in [0.1, 0.15) is 34.1 Å². The van der Waals surface area contributed by atoms with Gasteiger partial charge >= 0.3 is 5.97 Å². The molecule has 0 saturated heterocycles. The SMILES string of the molecule is CCNC(CC(C)(C)OC)C(=O)OCC. The second-order valence-electron chi connectivity index (χ2n) is 4.03. The molecule has 0 aromatic heterocycles. The van der Waals surface area contributed by atoms with Crippen LogP contribution < -0.4 is 5.32 Å². The van der Waals surface area contributed by atoms with E-state index in [-0.39, 0.29) is 17.6 Å². The molecule has 0 aliphatic heterocycles. The minimum absolute atomic E-state index is 0.204. The summed E-state index contributed by atoms with van der Waals surface area (Å²) in [7, 11) is 1.65. The molecule has 0 amide bonds. The first-order chi connectivity index (χ1) is 6.96. The topological polar surface area (TPSA) is 47.6 Å². The molecule has 1 N–H and O–H groups in total. The highest BCUT2D eigenvalue weighted by atomic mass is 16.5. The van der Waals surface area contributed by atoms with E-state index in [0.29, 0.717) is 13.0 Å². The molecule has 15 heavy (non-hydrogen) atoms. The van der Waals surface area contributed by atoms with Crippen LogP contribution in [0.2, 0.25) is 0 Å². The number of ether oxygens (including phenoxy) is 2. The van der Waals surface area contributed by atoms with Crippen molar-refractivity contribution < 1.29 is 14.3 Å². The number of hydrogen-bond donors (Lipinski definition) is 1. The van der Waals surface area contributed by atoms with E-state index in [1.165, 1.54) is 0 Å². The Morgan fingerprint density at radius 3 is 2.40 bits per heavy atom. The summed E-state index contributed by atoms with van der Waals surface area (Å²) in [6, 6.07) is -0.287. The van der Waals surface area contributed by atoms with E-state index in [1.54, 1.807) is 7.11 Å². The minimum atomic E-state index is -0.320. The second-order valence-corrected chi connectivity index (χ2v) is 4.03. The molecule has 0 aromatic carbocycles. The fraction of sp³-hybridized carbons (Fsp3) is 0.909. The molecule has 0 saturated carbocycles. The molecule has 1 atom stereocenters. The van der Waals surface area contributed by atoms with Crippen molar-refractivity contribution in [2.75, 3.05) is 20.3 Å². The smallest absolute Gasteiger partial charge is 0.323 e. The van der Waals surface area contributed by atoms with Crippen molar-refractivity contribution >= 4 is 5.97 Å². The van der Waals surface area contributed by atoms with Crippen LogP contribution in [-0.4, -0.2) is 37.9 Å². The Morgan fingerprint density at radius 1 is 1.40 bits per heavy atom. The van der Waals surface area contributed by atoms with Gasteiger partial charge < -0.3 is 14.8 Å². The standard InChI is InChI=1S/C11H23NO3/c1-6-12-9(10(13)15-7-2)8-11(3,4)14-5/h9,12H,6-8H2,1-5H3. The van der Waals surface area contributed by atoms with Gasteiger partial charge in [-0.3, -0.25) is 4.79 Å². The Morgan fingerprint density at radius 2 is 2.00 bits per heavy atom. The van der Waals surface area contributed by atoms with Gasteiger partial charge in [0.25, 0.3) is 0 Å². The molecule has 0 spiro atoms. The van der Waals surface area contributed by atoms with Gasteiger partial charge in [0.15, 0.2) is 0 Å². The minimum Gasteiger partial charge on any atom is -0.465 e. The monoisotopic (exact) mass is 217 g/mol. The highest BCUT2D eigenvalue weighted by molar-refractivity contribution is 5.75.